The van der Waals surface area contributed by atoms with Crippen LogP contribution in [0.15, 0.2) is 59.5 Å². The van der Waals surface area contributed by atoms with E-state index < -0.39 is 10.8 Å². The van der Waals surface area contributed by atoms with Crippen LogP contribution in [0.5, 0.6) is 0 Å². The molecule has 0 spiro atoms. The summed E-state index contributed by atoms with van der Waals surface area (Å²) in [5.41, 5.74) is 7.36. The second-order valence-electron chi connectivity index (χ2n) is 3.84. The van der Waals surface area contributed by atoms with Crippen LogP contribution in [0.25, 0.3) is 0 Å². The van der Waals surface area contributed by atoms with E-state index in [0.717, 1.165) is 5.56 Å². The first kappa shape index (κ1) is 12.8. The Morgan fingerprint density at radius 3 is 2.39 bits per heavy atom. The molecule has 0 aliphatic carbocycles. The van der Waals surface area contributed by atoms with Gasteiger partial charge in [-0.25, -0.2) is 0 Å². The lowest BCUT2D eigenvalue weighted by Gasteiger charge is -2.06. The molecule has 1 atom stereocenters. The molecule has 0 aliphatic rings. The van der Waals surface area contributed by atoms with Crippen molar-refractivity contribution in [2.75, 3.05) is 11.7 Å². The third-order valence-electron chi connectivity index (χ3n) is 2.47. The van der Waals surface area contributed by atoms with E-state index in [2.05, 4.69) is 0 Å². The first-order chi connectivity index (χ1) is 8.77. The van der Waals surface area contributed by atoms with Crippen molar-refractivity contribution in [3.05, 3.63) is 60.2 Å². The predicted octanol–water partition coefficient (Wildman–Crippen LogP) is 2.55. The highest BCUT2D eigenvalue weighted by molar-refractivity contribution is 7.85. The first-order valence-electron chi connectivity index (χ1n) is 5.62. The van der Waals surface area contributed by atoms with Crippen LogP contribution < -0.4 is 5.73 Å². The molecule has 94 valence electrons. The van der Waals surface area contributed by atoms with Crippen molar-refractivity contribution in [2.24, 2.45) is 0 Å². The number of ether oxygens (including phenoxy) is 1. The summed E-state index contributed by atoms with van der Waals surface area (Å²) in [7, 11) is -1.22. The lowest BCUT2D eigenvalue weighted by Crippen LogP contribution is -2.05. The molecule has 2 aromatic rings. The van der Waals surface area contributed by atoms with Gasteiger partial charge in [-0.2, -0.15) is 0 Å². The highest BCUT2D eigenvalue weighted by Crippen LogP contribution is 2.15. The lowest BCUT2D eigenvalue weighted by atomic mass is 10.2. The van der Waals surface area contributed by atoms with E-state index in [1.165, 1.54) is 0 Å². The summed E-state index contributed by atoms with van der Waals surface area (Å²) < 4.78 is 17.4. The van der Waals surface area contributed by atoms with Crippen LogP contribution in [-0.4, -0.2) is 10.1 Å². The average molecular weight is 261 g/mol. The molecule has 2 aromatic carbocycles. The molecule has 2 rings (SSSR count). The third kappa shape index (κ3) is 3.42. The van der Waals surface area contributed by atoms with Crippen LogP contribution in [-0.2, 0) is 22.1 Å². The molecule has 1 unspecified atom stereocenters. The van der Waals surface area contributed by atoms with Crippen molar-refractivity contribution in [1.29, 1.82) is 0 Å². The molecule has 0 bridgehead atoms. The summed E-state index contributed by atoms with van der Waals surface area (Å²) in [6.45, 7) is 0.458. The van der Waals surface area contributed by atoms with E-state index in [0.29, 0.717) is 17.2 Å². The Kier molecular flexibility index (Phi) is 4.50. The number of nitrogen functional groups attached to an aromatic ring is 1. The number of hydrogen-bond acceptors (Lipinski definition) is 3. The topological polar surface area (TPSA) is 52.3 Å². The largest absolute Gasteiger partial charge is 0.398 e. The normalized spacial score (nSPS) is 12.2. The van der Waals surface area contributed by atoms with E-state index in [1.807, 2.05) is 42.5 Å². The number of para-hydroxylation sites is 1. The summed E-state index contributed by atoms with van der Waals surface area (Å²) >= 11 is 0. The van der Waals surface area contributed by atoms with Gasteiger partial charge in [-0.05, 0) is 17.7 Å². The van der Waals surface area contributed by atoms with E-state index in [4.69, 9.17) is 10.5 Å². The van der Waals surface area contributed by atoms with Gasteiger partial charge in [-0.1, -0.05) is 42.5 Å². The molecule has 0 amide bonds. The minimum atomic E-state index is -1.22. The summed E-state index contributed by atoms with van der Waals surface area (Å²) in [6, 6.07) is 16.9. The van der Waals surface area contributed by atoms with Gasteiger partial charge in [0.15, 0.2) is 0 Å². The number of benzene rings is 2. The van der Waals surface area contributed by atoms with Gasteiger partial charge in [0, 0.05) is 5.69 Å². The first-order valence-corrected chi connectivity index (χ1v) is 6.94. The van der Waals surface area contributed by atoms with Gasteiger partial charge >= 0.3 is 0 Å². The van der Waals surface area contributed by atoms with Crippen molar-refractivity contribution in [3.63, 3.8) is 0 Å². The molecule has 0 saturated heterocycles. The second kappa shape index (κ2) is 6.33. The SMILES string of the molecule is Nc1ccccc1S(=O)COCc1ccccc1. The number of rotatable bonds is 5. The smallest absolute Gasteiger partial charge is 0.127 e. The summed E-state index contributed by atoms with van der Waals surface area (Å²) in [6.07, 6.45) is 0. The Hall–Kier alpha value is -1.65. The van der Waals surface area contributed by atoms with Crippen LogP contribution in [0.3, 0.4) is 0 Å². The van der Waals surface area contributed by atoms with E-state index in [-0.39, 0.29) is 5.94 Å². The van der Waals surface area contributed by atoms with Gasteiger partial charge in [0.1, 0.15) is 5.94 Å². The summed E-state index contributed by atoms with van der Waals surface area (Å²) in [5, 5.41) is 0. The van der Waals surface area contributed by atoms with Gasteiger partial charge in [-0.3, -0.25) is 4.21 Å². The molecule has 4 heteroatoms. The molecule has 3 nitrogen and oxygen atoms in total. The molecule has 0 aromatic heterocycles. The number of anilines is 1. The zero-order valence-electron chi connectivity index (χ0n) is 9.91. The average Bonchev–Trinajstić information content (AvgIpc) is 2.40. The van der Waals surface area contributed by atoms with Gasteiger partial charge in [0.25, 0.3) is 0 Å². The standard InChI is InChI=1S/C14H15NO2S/c15-13-8-4-5-9-14(13)18(16)11-17-10-12-6-2-1-3-7-12/h1-9H,10-11,15H2. The second-order valence-corrected chi connectivity index (χ2v) is 5.20. The molecular weight excluding hydrogens is 246 g/mol. The maximum Gasteiger partial charge on any atom is 0.127 e. The Morgan fingerprint density at radius 1 is 1.00 bits per heavy atom. The van der Waals surface area contributed by atoms with Crippen LogP contribution in [0.4, 0.5) is 5.69 Å². The summed E-state index contributed by atoms with van der Waals surface area (Å²) in [4.78, 5) is 0.630. The van der Waals surface area contributed by atoms with Crippen molar-refractivity contribution >= 4 is 16.5 Å². The van der Waals surface area contributed by atoms with Crippen LogP contribution in [0.1, 0.15) is 5.56 Å². The molecule has 18 heavy (non-hydrogen) atoms. The Bertz CT molecular complexity index is 528. The minimum Gasteiger partial charge on any atom is -0.398 e. The molecule has 0 radical (unpaired) electrons. The Morgan fingerprint density at radius 2 is 1.67 bits per heavy atom. The molecule has 2 N–H and O–H groups in total. The molecular formula is C14H15NO2S. The highest BCUT2D eigenvalue weighted by atomic mass is 32.2. The van der Waals surface area contributed by atoms with Crippen molar-refractivity contribution in [1.82, 2.24) is 0 Å². The molecule has 0 saturated carbocycles. The van der Waals surface area contributed by atoms with Crippen LogP contribution in [0.2, 0.25) is 0 Å². The Balaban J connectivity index is 1.88. The van der Waals surface area contributed by atoms with E-state index >= 15 is 0 Å². The zero-order valence-corrected chi connectivity index (χ0v) is 10.7. The van der Waals surface area contributed by atoms with Gasteiger partial charge in [-0.15, -0.1) is 0 Å². The summed E-state index contributed by atoms with van der Waals surface area (Å²) in [5.74, 6) is 0.156. The van der Waals surface area contributed by atoms with E-state index in [9.17, 15) is 4.21 Å². The van der Waals surface area contributed by atoms with Crippen molar-refractivity contribution < 1.29 is 8.95 Å². The van der Waals surface area contributed by atoms with Gasteiger partial charge in [0.05, 0.1) is 22.3 Å². The fourth-order valence-corrected chi connectivity index (χ4v) is 2.48. The number of nitrogens with two attached hydrogens (primary N) is 1. The van der Waals surface area contributed by atoms with Gasteiger partial charge < -0.3 is 10.5 Å². The molecule has 0 aliphatic heterocycles. The molecule has 0 heterocycles. The fraction of sp³-hybridized carbons (Fsp3) is 0.143. The zero-order chi connectivity index (χ0) is 12.8. The number of hydrogen-bond donors (Lipinski definition) is 1. The predicted molar refractivity (Wildman–Crippen MR) is 73.4 cm³/mol. The van der Waals surface area contributed by atoms with Crippen LogP contribution >= 0.6 is 0 Å². The quantitative estimate of drug-likeness (QED) is 0.842. The Labute approximate surface area is 109 Å². The lowest BCUT2D eigenvalue weighted by molar-refractivity contribution is 0.166. The fourth-order valence-electron chi connectivity index (χ4n) is 1.56. The third-order valence-corrected chi connectivity index (χ3v) is 3.71. The van der Waals surface area contributed by atoms with Gasteiger partial charge in [0.2, 0.25) is 0 Å². The minimum absolute atomic E-state index is 0.156. The van der Waals surface area contributed by atoms with Crippen molar-refractivity contribution in [2.45, 2.75) is 11.5 Å². The molecule has 0 fully saturated rings. The van der Waals surface area contributed by atoms with Crippen LogP contribution in [0, 0.1) is 0 Å². The van der Waals surface area contributed by atoms with Crippen molar-refractivity contribution in [3.8, 4) is 0 Å². The van der Waals surface area contributed by atoms with E-state index in [1.54, 1.807) is 12.1 Å². The maximum atomic E-state index is 12.0. The monoisotopic (exact) mass is 261 g/mol. The highest BCUT2D eigenvalue weighted by Gasteiger charge is 2.07. The maximum absolute atomic E-state index is 12.0.